The molecule has 0 unspecified atom stereocenters. The van der Waals surface area contributed by atoms with Crippen LogP contribution >= 0.6 is 0 Å². The molecule has 1 aromatic heterocycles. The summed E-state index contributed by atoms with van der Waals surface area (Å²) in [4.78, 5) is 15.6. The van der Waals surface area contributed by atoms with Crippen LogP contribution < -0.4 is 14.8 Å². The lowest BCUT2D eigenvalue weighted by molar-refractivity contribution is -0.118. The zero-order valence-electron chi connectivity index (χ0n) is 11.2. The summed E-state index contributed by atoms with van der Waals surface area (Å²) in [5.41, 5.74) is 0.702. The lowest BCUT2D eigenvalue weighted by Crippen LogP contribution is -2.20. The minimum absolute atomic E-state index is 0.0566. The van der Waals surface area contributed by atoms with Crippen LogP contribution in [0.2, 0.25) is 0 Å². The second-order valence-electron chi connectivity index (χ2n) is 3.98. The Morgan fingerprint density at radius 3 is 2.60 bits per heavy atom. The fourth-order valence-electron chi connectivity index (χ4n) is 1.58. The van der Waals surface area contributed by atoms with Crippen molar-refractivity contribution in [1.29, 1.82) is 0 Å². The SMILES string of the molecule is CCOc1ccc(NC(=O)COc2cccnc2)cc1. The summed E-state index contributed by atoms with van der Waals surface area (Å²) in [6, 6.07) is 10.7. The first-order valence-electron chi connectivity index (χ1n) is 6.33. The third-order valence-electron chi connectivity index (χ3n) is 2.45. The van der Waals surface area contributed by atoms with E-state index in [0.29, 0.717) is 18.0 Å². The average molecular weight is 272 g/mol. The normalized spacial score (nSPS) is 9.85. The number of nitrogens with one attached hydrogen (secondary N) is 1. The van der Waals surface area contributed by atoms with Gasteiger partial charge in [0.05, 0.1) is 12.8 Å². The zero-order chi connectivity index (χ0) is 14.2. The Morgan fingerprint density at radius 2 is 1.95 bits per heavy atom. The van der Waals surface area contributed by atoms with Crippen molar-refractivity contribution < 1.29 is 14.3 Å². The summed E-state index contributed by atoms with van der Waals surface area (Å²) in [5.74, 6) is 1.12. The van der Waals surface area contributed by atoms with Gasteiger partial charge in [-0.3, -0.25) is 9.78 Å². The molecule has 0 spiro atoms. The number of nitrogens with zero attached hydrogens (tertiary/aromatic N) is 1. The molecule has 0 bridgehead atoms. The van der Waals surface area contributed by atoms with Crippen LogP contribution in [0.15, 0.2) is 48.8 Å². The van der Waals surface area contributed by atoms with Crippen LogP contribution in [0.3, 0.4) is 0 Å². The summed E-state index contributed by atoms with van der Waals surface area (Å²) in [6.45, 7) is 2.48. The van der Waals surface area contributed by atoms with Gasteiger partial charge in [-0.05, 0) is 43.3 Å². The van der Waals surface area contributed by atoms with E-state index in [4.69, 9.17) is 9.47 Å². The van der Waals surface area contributed by atoms with Crippen LogP contribution in [0, 0.1) is 0 Å². The van der Waals surface area contributed by atoms with Crippen molar-refractivity contribution in [2.24, 2.45) is 0 Å². The number of hydrogen-bond donors (Lipinski definition) is 1. The maximum Gasteiger partial charge on any atom is 0.262 e. The van der Waals surface area contributed by atoms with Gasteiger partial charge in [0.2, 0.25) is 0 Å². The van der Waals surface area contributed by atoms with Crippen molar-refractivity contribution in [3.05, 3.63) is 48.8 Å². The van der Waals surface area contributed by atoms with Crippen molar-refractivity contribution >= 4 is 11.6 Å². The van der Waals surface area contributed by atoms with Crippen LogP contribution in [-0.4, -0.2) is 24.1 Å². The van der Waals surface area contributed by atoms with Crippen molar-refractivity contribution in [3.63, 3.8) is 0 Å². The number of carbonyl (C=O) groups excluding carboxylic acids is 1. The Bertz CT molecular complexity index is 541. The van der Waals surface area contributed by atoms with E-state index in [2.05, 4.69) is 10.3 Å². The number of anilines is 1. The Kier molecular flexibility index (Phi) is 4.94. The van der Waals surface area contributed by atoms with E-state index >= 15 is 0 Å². The molecular formula is C15H16N2O3. The Balaban J connectivity index is 1.82. The molecule has 0 saturated carbocycles. The molecule has 0 saturated heterocycles. The molecule has 1 N–H and O–H groups in total. The highest BCUT2D eigenvalue weighted by atomic mass is 16.5. The van der Waals surface area contributed by atoms with Crippen molar-refractivity contribution in [2.75, 3.05) is 18.5 Å². The smallest absolute Gasteiger partial charge is 0.262 e. The molecule has 2 rings (SSSR count). The number of aromatic nitrogens is 1. The van der Waals surface area contributed by atoms with Gasteiger partial charge >= 0.3 is 0 Å². The maximum absolute atomic E-state index is 11.7. The van der Waals surface area contributed by atoms with Gasteiger partial charge in [-0.1, -0.05) is 0 Å². The molecular weight excluding hydrogens is 256 g/mol. The van der Waals surface area contributed by atoms with E-state index in [1.807, 2.05) is 6.92 Å². The topological polar surface area (TPSA) is 60.5 Å². The predicted octanol–water partition coefficient (Wildman–Crippen LogP) is 2.50. The minimum atomic E-state index is -0.224. The van der Waals surface area contributed by atoms with E-state index in [0.717, 1.165) is 5.75 Å². The van der Waals surface area contributed by atoms with Gasteiger partial charge in [0.1, 0.15) is 11.5 Å². The predicted molar refractivity (Wildman–Crippen MR) is 76.0 cm³/mol. The summed E-state index contributed by atoms with van der Waals surface area (Å²) in [6.07, 6.45) is 3.21. The van der Waals surface area contributed by atoms with Gasteiger partial charge in [-0.25, -0.2) is 0 Å². The third kappa shape index (κ3) is 4.28. The number of amides is 1. The molecule has 0 radical (unpaired) electrons. The summed E-state index contributed by atoms with van der Waals surface area (Å²) < 4.78 is 10.6. The van der Waals surface area contributed by atoms with Gasteiger partial charge in [0, 0.05) is 11.9 Å². The summed E-state index contributed by atoms with van der Waals surface area (Å²) in [7, 11) is 0. The van der Waals surface area contributed by atoms with Gasteiger partial charge in [0.15, 0.2) is 6.61 Å². The molecule has 0 aliphatic carbocycles. The van der Waals surface area contributed by atoms with Crippen LogP contribution in [0.25, 0.3) is 0 Å². The van der Waals surface area contributed by atoms with Gasteiger partial charge in [-0.15, -0.1) is 0 Å². The first-order valence-corrected chi connectivity index (χ1v) is 6.33. The molecule has 1 heterocycles. The van der Waals surface area contributed by atoms with E-state index in [9.17, 15) is 4.79 Å². The minimum Gasteiger partial charge on any atom is -0.494 e. The number of rotatable bonds is 6. The van der Waals surface area contributed by atoms with E-state index in [1.54, 1.807) is 48.8 Å². The Labute approximate surface area is 117 Å². The molecule has 104 valence electrons. The van der Waals surface area contributed by atoms with Crippen molar-refractivity contribution in [1.82, 2.24) is 4.98 Å². The highest BCUT2D eigenvalue weighted by Crippen LogP contribution is 2.15. The molecule has 0 fully saturated rings. The third-order valence-corrected chi connectivity index (χ3v) is 2.45. The van der Waals surface area contributed by atoms with Gasteiger partial charge < -0.3 is 14.8 Å². The van der Waals surface area contributed by atoms with E-state index < -0.39 is 0 Å². The number of hydrogen-bond acceptors (Lipinski definition) is 4. The standard InChI is InChI=1S/C15H16N2O3/c1-2-19-13-7-5-12(6-8-13)17-15(18)11-20-14-4-3-9-16-10-14/h3-10H,2,11H2,1H3,(H,17,18). The first kappa shape index (κ1) is 13.9. The Hall–Kier alpha value is -2.56. The quantitative estimate of drug-likeness (QED) is 0.877. The largest absolute Gasteiger partial charge is 0.494 e. The average Bonchev–Trinajstić information content (AvgIpc) is 2.49. The van der Waals surface area contributed by atoms with Crippen molar-refractivity contribution in [3.8, 4) is 11.5 Å². The lowest BCUT2D eigenvalue weighted by Gasteiger charge is -2.08. The van der Waals surface area contributed by atoms with Crippen LogP contribution in [0.1, 0.15) is 6.92 Å². The number of benzene rings is 1. The molecule has 0 aliphatic rings. The fourth-order valence-corrected chi connectivity index (χ4v) is 1.58. The second kappa shape index (κ2) is 7.13. The molecule has 0 aliphatic heterocycles. The number of carbonyl (C=O) groups is 1. The van der Waals surface area contributed by atoms with Crippen molar-refractivity contribution in [2.45, 2.75) is 6.92 Å². The lowest BCUT2D eigenvalue weighted by atomic mass is 10.3. The molecule has 5 heteroatoms. The fraction of sp³-hybridized carbons (Fsp3) is 0.200. The molecule has 5 nitrogen and oxygen atoms in total. The maximum atomic E-state index is 11.7. The zero-order valence-corrected chi connectivity index (χ0v) is 11.2. The van der Waals surface area contributed by atoms with E-state index in [1.165, 1.54) is 0 Å². The monoisotopic (exact) mass is 272 g/mol. The highest BCUT2D eigenvalue weighted by Gasteiger charge is 2.04. The molecule has 0 atom stereocenters. The summed E-state index contributed by atoms with van der Waals surface area (Å²) >= 11 is 0. The van der Waals surface area contributed by atoms with E-state index in [-0.39, 0.29) is 12.5 Å². The van der Waals surface area contributed by atoms with Crippen LogP contribution in [0.4, 0.5) is 5.69 Å². The molecule has 1 aromatic carbocycles. The van der Waals surface area contributed by atoms with Crippen LogP contribution in [-0.2, 0) is 4.79 Å². The molecule has 20 heavy (non-hydrogen) atoms. The molecule has 1 amide bonds. The second-order valence-corrected chi connectivity index (χ2v) is 3.98. The number of pyridine rings is 1. The van der Waals surface area contributed by atoms with Gasteiger partial charge in [0.25, 0.3) is 5.91 Å². The first-order chi connectivity index (χ1) is 9.78. The Morgan fingerprint density at radius 1 is 1.15 bits per heavy atom. The summed E-state index contributed by atoms with van der Waals surface area (Å²) in [5, 5.41) is 2.74. The number of ether oxygens (including phenoxy) is 2. The highest BCUT2D eigenvalue weighted by molar-refractivity contribution is 5.91. The van der Waals surface area contributed by atoms with Crippen LogP contribution in [0.5, 0.6) is 11.5 Å². The molecule has 2 aromatic rings. The van der Waals surface area contributed by atoms with Gasteiger partial charge in [-0.2, -0.15) is 0 Å².